The van der Waals surface area contributed by atoms with Crippen LogP contribution in [0.2, 0.25) is 0 Å². The average Bonchev–Trinajstić information content (AvgIpc) is 2.49. The molecule has 2 amide bonds. The third kappa shape index (κ3) is 5.85. The summed E-state index contributed by atoms with van der Waals surface area (Å²) in [5.41, 5.74) is 1.02. The van der Waals surface area contributed by atoms with Crippen molar-refractivity contribution in [2.75, 3.05) is 6.54 Å². The zero-order valence-corrected chi connectivity index (χ0v) is 12.7. The molecule has 0 radical (unpaired) electrons. The first kappa shape index (κ1) is 17.0. The van der Waals surface area contributed by atoms with Crippen molar-refractivity contribution < 1.29 is 14.7 Å². The number of carboxylic acids is 1. The number of nitrogens with zero attached hydrogens (tertiary/aromatic N) is 1. The molecule has 1 aromatic rings. The van der Waals surface area contributed by atoms with Crippen LogP contribution in [0.4, 0.5) is 4.79 Å². The number of amides is 2. The minimum absolute atomic E-state index is 0.329. The molecule has 0 heterocycles. The van der Waals surface area contributed by atoms with E-state index in [9.17, 15) is 9.59 Å². The van der Waals surface area contributed by atoms with Crippen molar-refractivity contribution in [1.29, 1.82) is 0 Å². The van der Waals surface area contributed by atoms with Crippen LogP contribution in [0.15, 0.2) is 30.3 Å². The normalized spacial score (nSPS) is 11.7. The van der Waals surface area contributed by atoms with E-state index in [2.05, 4.69) is 5.32 Å². The van der Waals surface area contributed by atoms with E-state index in [1.54, 1.807) is 4.90 Å². The molecular formula is C16H24N2O3. The van der Waals surface area contributed by atoms with Crippen LogP contribution in [-0.2, 0) is 11.3 Å². The minimum Gasteiger partial charge on any atom is -0.480 e. The third-order valence-corrected chi connectivity index (χ3v) is 3.33. The number of carbonyl (C=O) groups excluding carboxylic acids is 1. The number of unbranched alkanes of at least 4 members (excludes halogenated alkanes) is 1. The van der Waals surface area contributed by atoms with Gasteiger partial charge >= 0.3 is 12.0 Å². The molecule has 0 aliphatic heterocycles. The number of aliphatic carboxylic acids is 1. The summed E-state index contributed by atoms with van der Waals surface area (Å²) >= 11 is 0. The first-order valence-corrected chi connectivity index (χ1v) is 7.40. The molecule has 5 nitrogen and oxygen atoms in total. The lowest BCUT2D eigenvalue weighted by Gasteiger charge is -2.24. The molecule has 1 aromatic carbocycles. The number of carbonyl (C=O) groups is 2. The molecule has 0 saturated heterocycles. The molecule has 1 unspecified atom stereocenters. The van der Waals surface area contributed by atoms with E-state index in [0.717, 1.165) is 18.4 Å². The van der Waals surface area contributed by atoms with Crippen molar-refractivity contribution in [2.45, 2.75) is 45.7 Å². The van der Waals surface area contributed by atoms with Gasteiger partial charge in [0.05, 0.1) is 0 Å². The van der Waals surface area contributed by atoms with Gasteiger partial charge in [-0.3, -0.25) is 0 Å². The van der Waals surface area contributed by atoms with Gasteiger partial charge in [0.2, 0.25) is 0 Å². The monoisotopic (exact) mass is 292 g/mol. The van der Waals surface area contributed by atoms with Gasteiger partial charge in [0.25, 0.3) is 0 Å². The molecule has 0 aliphatic carbocycles. The highest BCUT2D eigenvalue weighted by Crippen LogP contribution is 2.06. The van der Waals surface area contributed by atoms with E-state index in [1.165, 1.54) is 0 Å². The predicted octanol–water partition coefficient (Wildman–Crippen LogP) is 2.86. The summed E-state index contributed by atoms with van der Waals surface area (Å²) in [6, 6.07) is 8.51. The summed E-state index contributed by atoms with van der Waals surface area (Å²) in [5, 5.41) is 11.8. The van der Waals surface area contributed by atoms with Crippen LogP contribution in [-0.4, -0.2) is 34.6 Å². The maximum absolute atomic E-state index is 12.2. The Balaban J connectivity index is 2.62. The van der Waals surface area contributed by atoms with E-state index >= 15 is 0 Å². The fourth-order valence-electron chi connectivity index (χ4n) is 2.04. The Morgan fingerprint density at radius 2 is 1.90 bits per heavy atom. The second-order valence-corrected chi connectivity index (χ2v) is 4.98. The molecule has 2 N–H and O–H groups in total. The Morgan fingerprint density at radius 1 is 1.24 bits per heavy atom. The fourth-order valence-corrected chi connectivity index (χ4v) is 2.04. The van der Waals surface area contributed by atoms with Crippen LogP contribution in [0.3, 0.4) is 0 Å². The number of rotatable bonds is 8. The molecule has 0 aromatic heterocycles. The second kappa shape index (κ2) is 9.00. The molecule has 1 rings (SSSR count). The van der Waals surface area contributed by atoms with Gasteiger partial charge in [0, 0.05) is 13.1 Å². The molecule has 0 bridgehead atoms. The Hall–Kier alpha value is -2.04. The van der Waals surface area contributed by atoms with Gasteiger partial charge in [-0.2, -0.15) is 0 Å². The van der Waals surface area contributed by atoms with E-state index in [1.807, 2.05) is 44.2 Å². The van der Waals surface area contributed by atoms with E-state index < -0.39 is 12.0 Å². The maximum atomic E-state index is 12.2. The van der Waals surface area contributed by atoms with Crippen molar-refractivity contribution in [1.82, 2.24) is 10.2 Å². The largest absolute Gasteiger partial charge is 0.480 e. The summed E-state index contributed by atoms with van der Waals surface area (Å²) in [5.74, 6) is -0.979. The standard InChI is InChI=1S/C16H24N2O3/c1-3-5-11-14(15(19)20)17-16(21)18(4-2)12-13-9-7-6-8-10-13/h6-10,14H,3-5,11-12H2,1-2H3,(H,17,21)(H,19,20). The Kier molecular flexibility index (Phi) is 7.29. The number of benzene rings is 1. The second-order valence-electron chi connectivity index (χ2n) is 4.98. The van der Waals surface area contributed by atoms with Crippen molar-refractivity contribution in [2.24, 2.45) is 0 Å². The van der Waals surface area contributed by atoms with E-state index in [4.69, 9.17) is 5.11 Å². The first-order valence-electron chi connectivity index (χ1n) is 7.40. The lowest BCUT2D eigenvalue weighted by atomic mass is 10.1. The molecule has 0 aliphatic rings. The molecule has 1 atom stereocenters. The molecule has 0 spiro atoms. The SMILES string of the molecule is CCCCC(NC(=O)N(CC)Cc1ccccc1)C(=O)O. The minimum atomic E-state index is -0.979. The average molecular weight is 292 g/mol. The quantitative estimate of drug-likeness (QED) is 0.774. The first-order chi connectivity index (χ1) is 10.1. The number of carboxylic acid groups (broad SMARTS) is 1. The Bertz CT molecular complexity index is 448. The summed E-state index contributed by atoms with van der Waals surface area (Å²) in [4.78, 5) is 25.0. The number of hydrogen-bond acceptors (Lipinski definition) is 2. The molecule has 21 heavy (non-hydrogen) atoms. The van der Waals surface area contributed by atoms with Gasteiger partial charge < -0.3 is 15.3 Å². The van der Waals surface area contributed by atoms with Gasteiger partial charge in [-0.05, 0) is 18.9 Å². The Morgan fingerprint density at radius 3 is 2.43 bits per heavy atom. The zero-order chi connectivity index (χ0) is 15.7. The highest BCUT2D eigenvalue weighted by Gasteiger charge is 2.22. The van der Waals surface area contributed by atoms with Gasteiger partial charge in [0.15, 0.2) is 0 Å². The lowest BCUT2D eigenvalue weighted by molar-refractivity contribution is -0.139. The molecule has 0 fully saturated rings. The van der Waals surface area contributed by atoms with Crippen LogP contribution >= 0.6 is 0 Å². The molecule has 5 heteroatoms. The van der Waals surface area contributed by atoms with Crippen LogP contribution < -0.4 is 5.32 Å². The summed E-state index contributed by atoms with van der Waals surface area (Å²) in [6.45, 7) is 4.88. The summed E-state index contributed by atoms with van der Waals surface area (Å²) in [6.07, 6.45) is 2.14. The Labute approximate surface area is 126 Å². The van der Waals surface area contributed by atoms with Crippen molar-refractivity contribution >= 4 is 12.0 Å². The third-order valence-electron chi connectivity index (χ3n) is 3.33. The molecule has 0 saturated carbocycles. The summed E-state index contributed by atoms with van der Waals surface area (Å²) in [7, 11) is 0. The van der Waals surface area contributed by atoms with Crippen LogP contribution in [0.5, 0.6) is 0 Å². The predicted molar refractivity (Wildman–Crippen MR) is 82.0 cm³/mol. The van der Waals surface area contributed by atoms with Crippen molar-refractivity contribution in [3.8, 4) is 0 Å². The summed E-state index contributed by atoms with van der Waals surface area (Å²) < 4.78 is 0. The van der Waals surface area contributed by atoms with Gasteiger partial charge in [0.1, 0.15) is 6.04 Å². The molecule has 116 valence electrons. The van der Waals surface area contributed by atoms with Crippen LogP contribution in [0.25, 0.3) is 0 Å². The van der Waals surface area contributed by atoms with E-state index in [0.29, 0.717) is 19.5 Å². The van der Waals surface area contributed by atoms with Crippen molar-refractivity contribution in [3.05, 3.63) is 35.9 Å². The van der Waals surface area contributed by atoms with Gasteiger partial charge in [-0.1, -0.05) is 50.1 Å². The number of nitrogens with one attached hydrogen (secondary N) is 1. The van der Waals surface area contributed by atoms with Crippen molar-refractivity contribution in [3.63, 3.8) is 0 Å². The topological polar surface area (TPSA) is 69.6 Å². The van der Waals surface area contributed by atoms with Gasteiger partial charge in [-0.15, -0.1) is 0 Å². The lowest BCUT2D eigenvalue weighted by Crippen LogP contribution is -2.47. The van der Waals surface area contributed by atoms with Crippen LogP contribution in [0, 0.1) is 0 Å². The number of hydrogen-bond donors (Lipinski definition) is 2. The smallest absolute Gasteiger partial charge is 0.326 e. The highest BCUT2D eigenvalue weighted by molar-refractivity contribution is 5.82. The molecular weight excluding hydrogens is 268 g/mol. The highest BCUT2D eigenvalue weighted by atomic mass is 16.4. The maximum Gasteiger partial charge on any atom is 0.326 e. The van der Waals surface area contributed by atoms with E-state index in [-0.39, 0.29) is 6.03 Å². The zero-order valence-electron chi connectivity index (χ0n) is 12.7. The van der Waals surface area contributed by atoms with Gasteiger partial charge in [-0.25, -0.2) is 9.59 Å². The number of urea groups is 1. The fraction of sp³-hybridized carbons (Fsp3) is 0.500. The van der Waals surface area contributed by atoms with Crippen LogP contribution in [0.1, 0.15) is 38.7 Å².